The van der Waals surface area contributed by atoms with Gasteiger partial charge in [0.05, 0.1) is 11.4 Å². The molecule has 0 saturated carbocycles. The number of nitrogens with zero attached hydrogens (tertiary/aromatic N) is 2. The Morgan fingerprint density at radius 2 is 2.06 bits per heavy atom. The van der Waals surface area contributed by atoms with Crippen molar-refractivity contribution < 1.29 is 13.9 Å². The van der Waals surface area contributed by atoms with Crippen molar-refractivity contribution in [1.29, 1.82) is 0 Å². The van der Waals surface area contributed by atoms with E-state index in [9.17, 15) is 13.9 Å². The number of rotatable bonds is 3. The monoisotopic (exact) mass is 252 g/mol. The van der Waals surface area contributed by atoms with Crippen molar-refractivity contribution in [3.8, 4) is 0 Å². The predicted molar refractivity (Wildman–Crippen MR) is 63.0 cm³/mol. The molecule has 1 unspecified atom stereocenters. The van der Waals surface area contributed by atoms with Gasteiger partial charge in [-0.25, -0.2) is 8.78 Å². The van der Waals surface area contributed by atoms with Crippen LogP contribution in [0.25, 0.3) is 0 Å². The van der Waals surface area contributed by atoms with E-state index in [1.807, 2.05) is 6.92 Å². The summed E-state index contributed by atoms with van der Waals surface area (Å²) < 4.78 is 28.1. The van der Waals surface area contributed by atoms with E-state index in [2.05, 4.69) is 5.10 Å². The van der Waals surface area contributed by atoms with Crippen LogP contribution in [0, 0.1) is 11.6 Å². The van der Waals surface area contributed by atoms with Crippen LogP contribution in [0.4, 0.5) is 8.78 Å². The maximum atomic E-state index is 13.6. The minimum atomic E-state index is -1.22. The van der Waals surface area contributed by atoms with Crippen LogP contribution < -0.4 is 0 Å². The number of halogens is 2. The van der Waals surface area contributed by atoms with Gasteiger partial charge in [-0.1, -0.05) is 6.92 Å². The molecule has 1 aromatic heterocycles. The molecule has 0 aliphatic rings. The van der Waals surface area contributed by atoms with Crippen LogP contribution >= 0.6 is 0 Å². The minimum Gasteiger partial charge on any atom is -0.382 e. The van der Waals surface area contributed by atoms with E-state index < -0.39 is 17.7 Å². The number of hydrogen-bond donors (Lipinski definition) is 1. The van der Waals surface area contributed by atoms with Crippen molar-refractivity contribution in [3.63, 3.8) is 0 Å². The Morgan fingerprint density at radius 1 is 1.33 bits per heavy atom. The van der Waals surface area contributed by atoms with Crippen LogP contribution in [0.3, 0.4) is 0 Å². The number of aliphatic hydroxyl groups excluding tert-OH is 1. The smallest absolute Gasteiger partial charge is 0.129 e. The first-order chi connectivity index (χ1) is 8.52. The molecule has 1 aromatic carbocycles. The molecular weight excluding hydrogens is 238 g/mol. The van der Waals surface area contributed by atoms with Crippen LogP contribution in [-0.2, 0) is 13.5 Å². The molecule has 1 atom stereocenters. The Bertz CT molecular complexity index is 566. The predicted octanol–water partition coefficient (Wildman–Crippen LogP) is 2.34. The van der Waals surface area contributed by atoms with Gasteiger partial charge in [0.2, 0.25) is 0 Å². The fourth-order valence-corrected chi connectivity index (χ4v) is 1.86. The lowest BCUT2D eigenvalue weighted by Crippen LogP contribution is -2.08. The molecule has 0 aliphatic carbocycles. The zero-order valence-electron chi connectivity index (χ0n) is 10.2. The number of aromatic nitrogens is 2. The van der Waals surface area contributed by atoms with Crippen LogP contribution in [0.1, 0.15) is 30.0 Å². The Balaban J connectivity index is 2.43. The molecule has 0 amide bonds. The molecule has 1 N–H and O–H groups in total. The number of hydrogen-bond acceptors (Lipinski definition) is 2. The van der Waals surface area contributed by atoms with Crippen LogP contribution in [0.5, 0.6) is 0 Å². The molecule has 2 aromatic rings. The molecule has 5 heteroatoms. The standard InChI is InChI=1S/C13H14F2N2O/c1-3-9-7-12(17(2)16-9)13(18)10-6-8(14)4-5-11(10)15/h4-7,13,18H,3H2,1-2H3. The lowest BCUT2D eigenvalue weighted by Gasteiger charge is -2.12. The van der Waals surface area contributed by atoms with E-state index in [-0.39, 0.29) is 5.56 Å². The van der Waals surface area contributed by atoms with Crippen LogP contribution in [0.2, 0.25) is 0 Å². The van der Waals surface area contributed by atoms with Gasteiger partial charge in [0.25, 0.3) is 0 Å². The number of benzene rings is 1. The summed E-state index contributed by atoms with van der Waals surface area (Å²) in [6.45, 7) is 1.93. The minimum absolute atomic E-state index is 0.0827. The van der Waals surface area contributed by atoms with Gasteiger partial charge in [0.15, 0.2) is 0 Å². The highest BCUT2D eigenvalue weighted by Crippen LogP contribution is 2.25. The first-order valence-electron chi connectivity index (χ1n) is 5.68. The van der Waals surface area contributed by atoms with Gasteiger partial charge in [-0.15, -0.1) is 0 Å². The zero-order valence-corrected chi connectivity index (χ0v) is 10.2. The van der Waals surface area contributed by atoms with E-state index in [0.29, 0.717) is 12.1 Å². The summed E-state index contributed by atoms with van der Waals surface area (Å²) in [5.41, 5.74) is 1.15. The van der Waals surface area contributed by atoms with Crippen molar-refractivity contribution in [2.24, 2.45) is 7.05 Å². The van der Waals surface area contributed by atoms with E-state index in [1.165, 1.54) is 4.68 Å². The van der Waals surface area contributed by atoms with Crippen molar-refractivity contribution >= 4 is 0 Å². The Morgan fingerprint density at radius 3 is 2.67 bits per heavy atom. The molecule has 0 radical (unpaired) electrons. The molecule has 0 fully saturated rings. The normalized spacial score (nSPS) is 12.7. The van der Waals surface area contributed by atoms with Gasteiger partial charge in [-0.3, -0.25) is 4.68 Å². The molecule has 1 heterocycles. The molecule has 2 rings (SSSR count). The van der Waals surface area contributed by atoms with E-state index >= 15 is 0 Å². The van der Waals surface area contributed by atoms with Gasteiger partial charge >= 0.3 is 0 Å². The molecule has 0 saturated heterocycles. The third-order valence-electron chi connectivity index (χ3n) is 2.86. The molecule has 0 bridgehead atoms. The summed E-state index contributed by atoms with van der Waals surface area (Å²) in [7, 11) is 1.66. The molecule has 18 heavy (non-hydrogen) atoms. The first-order valence-corrected chi connectivity index (χ1v) is 5.68. The second kappa shape index (κ2) is 4.86. The molecule has 96 valence electrons. The summed E-state index contributed by atoms with van der Waals surface area (Å²) >= 11 is 0. The Hall–Kier alpha value is -1.75. The van der Waals surface area contributed by atoms with Crippen molar-refractivity contribution in [1.82, 2.24) is 9.78 Å². The van der Waals surface area contributed by atoms with E-state index in [4.69, 9.17) is 0 Å². The second-order valence-corrected chi connectivity index (χ2v) is 4.11. The molecule has 0 spiro atoms. The fraction of sp³-hybridized carbons (Fsp3) is 0.308. The highest BCUT2D eigenvalue weighted by Gasteiger charge is 2.19. The summed E-state index contributed by atoms with van der Waals surface area (Å²) in [6.07, 6.45) is -0.509. The van der Waals surface area contributed by atoms with Crippen LogP contribution in [-0.4, -0.2) is 14.9 Å². The molecular formula is C13H14F2N2O. The van der Waals surface area contributed by atoms with Crippen molar-refractivity contribution in [3.05, 3.63) is 52.9 Å². The van der Waals surface area contributed by atoms with Gasteiger partial charge in [-0.05, 0) is 30.7 Å². The van der Waals surface area contributed by atoms with Gasteiger partial charge < -0.3 is 5.11 Å². The third kappa shape index (κ3) is 2.26. The quantitative estimate of drug-likeness (QED) is 0.910. The SMILES string of the molecule is CCc1cc(C(O)c2cc(F)ccc2F)n(C)n1. The summed E-state index contributed by atoms with van der Waals surface area (Å²) in [6, 6.07) is 4.71. The number of aliphatic hydroxyl groups is 1. The maximum Gasteiger partial charge on any atom is 0.129 e. The topological polar surface area (TPSA) is 38.0 Å². The summed E-state index contributed by atoms with van der Waals surface area (Å²) in [4.78, 5) is 0. The number of aryl methyl sites for hydroxylation is 2. The Labute approximate surface area is 104 Å². The first kappa shape index (κ1) is 12.7. The summed E-state index contributed by atoms with van der Waals surface area (Å²) in [5, 5.41) is 14.3. The van der Waals surface area contributed by atoms with Gasteiger partial charge in [0.1, 0.15) is 17.7 Å². The van der Waals surface area contributed by atoms with Crippen molar-refractivity contribution in [2.75, 3.05) is 0 Å². The highest BCUT2D eigenvalue weighted by atomic mass is 19.1. The van der Waals surface area contributed by atoms with Crippen molar-refractivity contribution in [2.45, 2.75) is 19.4 Å². The Kier molecular flexibility index (Phi) is 3.43. The third-order valence-corrected chi connectivity index (χ3v) is 2.86. The fourth-order valence-electron chi connectivity index (χ4n) is 1.86. The summed E-state index contributed by atoms with van der Waals surface area (Å²) in [5.74, 6) is -1.22. The second-order valence-electron chi connectivity index (χ2n) is 4.11. The van der Waals surface area contributed by atoms with E-state index in [0.717, 1.165) is 23.9 Å². The average molecular weight is 252 g/mol. The maximum absolute atomic E-state index is 13.6. The average Bonchev–Trinajstić information content (AvgIpc) is 2.73. The highest BCUT2D eigenvalue weighted by molar-refractivity contribution is 5.28. The van der Waals surface area contributed by atoms with Gasteiger partial charge in [0, 0.05) is 12.6 Å². The van der Waals surface area contributed by atoms with E-state index in [1.54, 1.807) is 13.1 Å². The lowest BCUT2D eigenvalue weighted by atomic mass is 10.1. The molecule has 0 aliphatic heterocycles. The molecule has 3 nitrogen and oxygen atoms in total. The largest absolute Gasteiger partial charge is 0.382 e. The van der Waals surface area contributed by atoms with Crippen LogP contribution in [0.15, 0.2) is 24.3 Å². The zero-order chi connectivity index (χ0) is 13.3. The lowest BCUT2D eigenvalue weighted by molar-refractivity contribution is 0.204. The van der Waals surface area contributed by atoms with Gasteiger partial charge in [-0.2, -0.15) is 5.10 Å².